The number of nitrogens with one attached hydrogen (secondary N) is 1. The van der Waals surface area contributed by atoms with Crippen LogP contribution < -0.4 is 4.72 Å². The first kappa shape index (κ1) is 18.0. The van der Waals surface area contributed by atoms with E-state index in [-0.39, 0.29) is 17.5 Å². The van der Waals surface area contributed by atoms with Gasteiger partial charge in [0.1, 0.15) is 5.82 Å². The van der Waals surface area contributed by atoms with Crippen LogP contribution in [0.25, 0.3) is 0 Å². The van der Waals surface area contributed by atoms with Crippen LogP contribution in [0, 0.1) is 5.82 Å². The van der Waals surface area contributed by atoms with Crippen molar-refractivity contribution in [3.8, 4) is 0 Å². The molecule has 0 unspecified atom stereocenters. The molecule has 2 aromatic carbocycles. The Labute approximate surface area is 147 Å². The predicted octanol–water partition coefficient (Wildman–Crippen LogP) is 2.18. The van der Waals surface area contributed by atoms with Gasteiger partial charge >= 0.3 is 0 Å². The van der Waals surface area contributed by atoms with Crippen LogP contribution in [0.5, 0.6) is 0 Å². The summed E-state index contributed by atoms with van der Waals surface area (Å²) in [5, 5.41) is 0. The quantitative estimate of drug-likeness (QED) is 0.854. The summed E-state index contributed by atoms with van der Waals surface area (Å²) in [5.74, 6) is -0.573. The maximum atomic E-state index is 13.3. The van der Waals surface area contributed by atoms with Crippen molar-refractivity contribution >= 4 is 10.0 Å². The Kier molecular flexibility index (Phi) is 5.80. The number of hydrogen-bond acceptors (Lipinski definition) is 4. The standard InChI is InChI=1S/C18H21FN2O3S/c19-16-7-4-8-17(13-16)25(22,23)20-14-18(15-5-2-1-3-6-15)21-9-11-24-12-10-21/h1-8,13,18,20H,9-12,14H2/t18-/m0/s1. The van der Waals surface area contributed by atoms with Crippen LogP contribution in [0.2, 0.25) is 0 Å². The number of hydrogen-bond donors (Lipinski definition) is 1. The molecule has 0 bridgehead atoms. The highest BCUT2D eigenvalue weighted by Crippen LogP contribution is 2.22. The van der Waals surface area contributed by atoms with E-state index in [9.17, 15) is 12.8 Å². The van der Waals surface area contributed by atoms with Crippen LogP contribution in [0.4, 0.5) is 4.39 Å². The van der Waals surface area contributed by atoms with Crippen LogP contribution in [-0.2, 0) is 14.8 Å². The maximum Gasteiger partial charge on any atom is 0.240 e. The highest BCUT2D eigenvalue weighted by molar-refractivity contribution is 7.89. The molecule has 1 heterocycles. The van der Waals surface area contributed by atoms with Crippen molar-refractivity contribution in [1.82, 2.24) is 9.62 Å². The molecule has 0 aliphatic carbocycles. The monoisotopic (exact) mass is 364 g/mol. The van der Waals surface area contributed by atoms with Crippen LogP contribution in [-0.4, -0.2) is 46.2 Å². The summed E-state index contributed by atoms with van der Waals surface area (Å²) >= 11 is 0. The molecule has 0 amide bonds. The molecular formula is C18H21FN2O3S. The Morgan fingerprint density at radius 3 is 2.48 bits per heavy atom. The van der Waals surface area contributed by atoms with Gasteiger partial charge in [0.2, 0.25) is 10.0 Å². The fourth-order valence-electron chi connectivity index (χ4n) is 2.93. The molecule has 0 radical (unpaired) electrons. The molecule has 134 valence electrons. The Balaban J connectivity index is 1.78. The molecule has 0 spiro atoms. The molecule has 5 nitrogen and oxygen atoms in total. The van der Waals surface area contributed by atoms with Gasteiger partial charge in [0.05, 0.1) is 18.1 Å². The minimum Gasteiger partial charge on any atom is -0.379 e. The molecule has 25 heavy (non-hydrogen) atoms. The molecule has 1 aliphatic rings. The zero-order valence-corrected chi connectivity index (χ0v) is 14.6. The lowest BCUT2D eigenvalue weighted by Crippen LogP contribution is -2.43. The first-order valence-corrected chi connectivity index (χ1v) is 9.66. The van der Waals surface area contributed by atoms with Gasteiger partial charge in [-0.05, 0) is 23.8 Å². The number of morpholine rings is 1. The smallest absolute Gasteiger partial charge is 0.240 e. The van der Waals surface area contributed by atoms with E-state index >= 15 is 0 Å². The SMILES string of the molecule is O=S(=O)(NC[C@@H](c1ccccc1)N1CCOCC1)c1cccc(F)c1. The van der Waals surface area contributed by atoms with Crippen molar-refractivity contribution in [1.29, 1.82) is 0 Å². The third kappa shape index (κ3) is 4.64. The molecule has 3 rings (SSSR count). The Bertz CT molecular complexity index is 793. The topological polar surface area (TPSA) is 58.6 Å². The number of rotatable bonds is 6. The highest BCUT2D eigenvalue weighted by Gasteiger charge is 2.25. The second-order valence-corrected chi connectivity index (χ2v) is 7.65. The average Bonchev–Trinajstić information content (AvgIpc) is 2.64. The van der Waals surface area contributed by atoms with Crippen LogP contribution in [0.1, 0.15) is 11.6 Å². The number of ether oxygens (including phenoxy) is 1. The summed E-state index contributed by atoms with van der Waals surface area (Å²) in [4.78, 5) is 2.13. The minimum atomic E-state index is -3.77. The molecule has 0 aromatic heterocycles. The van der Waals surface area contributed by atoms with Crippen molar-refractivity contribution in [2.24, 2.45) is 0 Å². The third-order valence-electron chi connectivity index (χ3n) is 4.24. The molecule has 2 aromatic rings. The van der Waals surface area contributed by atoms with Crippen LogP contribution in [0.15, 0.2) is 59.5 Å². The fraction of sp³-hybridized carbons (Fsp3) is 0.333. The van der Waals surface area contributed by atoms with E-state index in [1.165, 1.54) is 18.2 Å². The van der Waals surface area contributed by atoms with Gasteiger partial charge < -0.3 is 4.74 Å². The molecule has 7 heteroatoms. The lowest BCUT2D eigenvalue weighted by Gasteiger charge is -2.34. The van der Waals surface area contributed by atoms with Gasteiger partial charge in [-0.1, -0.05) is 36.4 Å². The van der Waals surface area contributed by atoms with Crippen LogP contribution in [0.3, 0.4) is 0 Å². The predicted molar refractivity (Wildman–Crippen MR) is 93.2 cm³/mol. The average molecular weight is 364 g/mol. The zero-order valence-electron chi connectivity index (χ0n) is 13.8. The number of nitrogens with zero attached hydrogens (tertiary/aromatic N) is 1. The van der Waals surface area contributed by atoms with E-state index in [1.54, 1.807) is 0 Å². The van der Waals surface area contributed by atoms with Gasteiger partial charge in [-0.25, -0.2) is 17.5 Å². The van der Waals surface area contributed by atoms with Gasteiger partial charge in [-0.2, -0.15) is 0 Å². The van der Waals surface area contributed by atoms with Gasteiger partial charge in [-0.15, -0.1) is 0 Å². The summed E-state index contributed by atoms with van der Waals surface area (Å²) in [6, 6.07) is 14.7. The van der Waals surface area contributed by atoms with Gasteiger partial charge in [-0.3, -0.25) is 4.90 Å². The van der Waals surface area contributed by atoms with E-state index in [0.717, 1.165) is 24.7 Å². The third-order valence-corrected chi connectivity index (χ3v) is 5.67. The zero-order chi connectivity index (χ0) is 17.7. The Morgan fingerprint density at radius 2 is 1.80 bits per heavy atom. The second kappa shape index (κ2) is 8.05. The summed E-state index contributed by atoms with van der Waals surface area (Å²) < 4.78 is 46.3. The number of sulfonamides is 1. The van der Waals surface area contributed by atoms with E-state index in [4.69, 9.17) is 4.74 Å². The van der Waals surface area contributed by atoms with Crippen molar-refractivity contribution in [2.75, 3.05) is 32.8 Å². The molecule has 0 saturated carbocycles. The van der Waals surface area contributed by atoms with Crippen molar-refractivity contribution in [2.45, 2.75) is 10.9 Å². The second-order valence-electron chi connectivity index (χ2n) is 5.88. The lowest BCUT2D eigenvalue weighted by molar-refractivity contribution is 0.0172. The van der Waals surface area contributed by atoms with E-state index in [2.05, 4.69) is 9.62 Å². The number of benzene rings is 2. The number of halogens is 1. The molecular weight excluding hydrogens is 343 g/mol. The largest absolute Gasteiger partial charge is 0.379 e. The summed E-state index contributed by atoms with van der Waals surface area (Å²) in [5.41, 5.74) is 1.03. The first-order valence-electron chi connectivity index (χ1n) is 8.18. The minimum absolute atomic E-state index is 0.0683. The first-order chi connectivity index (χ1) is 12.1. The normalized spacial score (nSPS) is 17.3. The van der Waals surface area contributed by atoms with E-state index < -0.39 is 15.8 Å². The van der Waals surface area contributed by atoms with Crippen LogP contribution >= 0.6 is 0 Å². The molecule has 1 saturated heterocycles. The van der Waals surface area contributed by atoms with Gasteiger partial charge in [0, 0.05) is 25.7 Å². The van der Waals surface area contributed by atoms with E-state index in [1.807, 2.05) is 30.3 Å². The molecule has 1 fully saturated rings. The van der Waals surface area contributed by atoms with Crippen molar-refractivity contribution in [3.63, 3.8) is 0 Å². The maximum absolute atomic E-state index is 13.3. The van der Waals surface area contributed by atoms with Crippen molar-refractivity contribution in [3.05, 3.63) is 66.0 Å². The van der Waals surface area contributed by atoms with Gasteiger partial charge in [0.25, 0.3) is 0 Å². The molecule has 1 aliphatic heterocycles. The summed E-state index contributed by atoms with van der Waals surface area (Å²) in [6.45, 7) is 2.94. The lowest BCUT2D eigenvalue weighted by atomic mass is 10.1. The van der Waals surface area contributed by atoms with Gasteiger partial charge in [0.15, 0.2) is 0 Å². The molecule has 1 N–H and O–H groups in total. The highest BCUT2D eigenvalue weighted by atomic mass is 32.2. The van der Waals surface area contributed by atoms with E-state index in [0.29, 0.717) is 13.2 Å². The Morgan fingerprint density at radius 1 is 1.08 bits per heavy atom. The Hall–Kier alpha value is -1.80. The summed E-state index contributed by atoms with van der Waals surface area (Å²) in [6.07, 6.45) is 0. The molecule has 1 atom stereocenters. The fourth-order valence-corrected chi connectivity index (χ4v) is 4.00. The summed E-state index contributed by atoms with van der Waals surface area (Å²) in [7, 11) is -3.77. The van der Waals surface area contributed by atoms with Crippen molar-refractivity contribution < 1.29 is 17.5 Å².